The normalized spacial score (nSPS) is 15.5. The van der Waals surface area contributed by atoms with Crippen LogP contribution in [0.15, 0.2) is 51.8 Å². The summed E-state index contributed by atoms with van der Waals surface area (Å²) in [6, 6.07) is 9.78. The van der Waals surface area contributed by atoms with Gasteiger partial charge in [-0.15, -0.1) is 4.40 Å². The number of likely N-dealkylation sites (tertiary alicyclic amines) is 1. The molecular formula is C19H20N4O5S. The van der Waals surface area contributed by atoms with E-state index in [1.165, 1.54) is 42.5 Å². The van der Waals surface area contributed by atoms with Gasteiger partial charge in [0, 0.05) is 42.9 Å². The minimum absolute atomic E-state index is 0.0366. The van der Waals surface area contributed by atoms with Crippen LogP contribution in [0.25, 0.3) is 0 Å². The molecule has 2 aromatic rings. The van der Waals surface area contributed by atoms with Gasteiger partial charge in [-0.1, -0.05) is 0 Å². The van der Waals surface area contributed by atoms with E-state index in [2.05, 4.69) is 9.71 Å². The molecule has 1 aliphatic rings. The van der Waals surface area contributed by atoms with Crippen LogP contribution in [0.5, 0.6) is 0 Å². The lowest BCUT2D eigenvalue weighted by atomic mass is 10.1. The number of nitrogens with zero attached hydrogens (tertiary/aromatic N) is 3. The highest BCUT2D eigenvalue weighted by Crippen LogP contribution is 2.21. The van der Waals surface area contributed by atoms with Crippen molar-refractivity contribution in [2.75, 3.05) is 18.9 Å². The van der Waals surface area contributed by atoms with Gasteiger partial charge in [0.15, 0.2) is 0 Å². The fraction of sp³-hybridized carbons (Fsp3) is 0.263. The largest absolute Gasteiger partial charge is 0.362 e. The van der Waals surface area contributed by atoms with E-state index in [1.54, 1.807) is 14.0 Å². The van der Waals surface area contributed by atoms with Crippen LogP contribution in [0.1, 0.15) is 28.8 Å². The summed E-state index contributed by atoms with van der Waals surface area (Å²) in [5, 5.41) is 13.5. The molecule has 0 atom stereocenters. The molecule has 10 heteroatoms. The summed E-state index contributed by atoms with van der Waals surface area (Å²) in [7, 11) is -2.02. The Balaban J connectivity index is 1.74. The van der Waals surface area contributed by atoms with Crippen LogP contribution < -0.4 is 5.32 Å². The smallest absolute Gasteiger partial charge is 0.283 e. The summed E-state index contributed by atoms with van der Waals surface area (Å²) in [6.45, 7) is 2.33. The van der Waals surface area contributed by atoms with Crippen molar-refractivity contribution in [2.24, 2.45) is 4.40 Å². The van der Waals surface area contributed by atoms with E-state index in [-0.39, 0.29) is 16.1 Å². The second-order valence-electron chi connectivity index (χ2n) is 6.74. The highest BCUT2D eigenvalue weighted by atomic mass is 32.2. The highest BCUT2D eigenvalue weighted by Gasteiger charge is 2.20. The van der Waals surface area contributed by atoms with Crippen molar-refractivity contribution in [1.82, 2.24) is 4.90 Å². The van der Waals surface area contributed by atoms with Gasteiger partial charge in [0.2, 0.25) is 0 Å². The van der Waals surface area contributed by atoms with Gasteiger partial charge in [-0.3, -0.25) is 14.9 Å². The number of hydrogen-bond donors (Lipinski definition) is 1. The van der Waals surface area contributed by atoms with E-state index < -0.39 is 20.9 Å². The Labute approximate surface area is 168 Å². The lowest BCUT2D eigenvalue weighted by Gasteiger charge is -2.11. The van der Waals surface area contributed by atoms with Gasteiger partial charge in [-0.2, -0.15) is 8.42 Å². The first-order valence-corrected chi connectivity index (χ1v) is 10.3. The Morgan fingerprint density at radius 2 is 1.90 bits per heavy atom. The summed E-state index contributed by atoms with van der Waals surface area (Å²) < 4.78 is 28.8. The number of anilines is 1. The number of nitrogens with one attached hydrogen (secondary N) is 1. The topological polar surface area (TPSA) is 122 Å². The molecule has 0 bridgehead atoms. The third kappa shape index (κ3) is 4.60. The molecule has 0 unspecified atom stereocenters. The van der Waals surface area contributed by atoms with E-state index in [1.807, 2.05) is 4.90 Å². The van der Waals surface area contributed by atoms with Crippen LogP contribution in [-0.2, 0) is 10.0 Å². The SMILES string of the molecule is Cc1cc(C(=O)Nc2ccc(S(=O)(=O)/N=C3\CCCN3C)cc2)ccc1[N+](=O)[O-]. The van der Waals surface area contributed by atoms with Crippen molar-refractivity contribution in [1.29, 1.82) is 0 Å². The number of sulfonamides is 1. The average molecular weight is 416 g/mol. The van der Waals surface area contributed by atoms with Gasteiger partial charge < -0.3 is 10.2 Å². The zero-order valence-electron chi connectivity index (χ0n) is 16.0. The molecule has 0 spiro atoms. The molecule has 152 valence electrons. The lowest BCUT2D eigenvalue weighted by Crippen LogP contribution is -2.20. The molecule has 0 aliphatic carbocycles. The van der Waals surface area contributed by atoms with Crippen LogP contribution in [0, 0.1) is 17.0 Å². The second kappa shape index (κ2) is 8.00. The fourth-order valence-corrected chi connectivity index (χ4v) is 4.11. The Kier molecular flexibility index (Phi) is 5.64. The Morgan fingerprint density at radius 1 is 1.21 bits per heavy atom. The van der Waals surface area contributed by atoms with E-state index in [4.69, 9.17) is 0 Å². The molecule has 9 nitrogen and oxygen atoms in total. The Hall–Kier alpha value is -3.27. The summed E-state index contributed by atoms with van der Waals surface area (Å²) in [5.41, 5.74) is 0.974. The first-order chi connectivity index (χ1) is 13.7. The monoisotopic (exact) mass is 416 g/mol. The zero-order chi connectivity index (χ0) is 21.2. The molecule has 0 saturated carbocycles. The van der Waals surface area contributed by atoms with Crippen LogP contribution >= 0.6 is 0 Å². The van der Waals surface area contributed by atoms with Crippen molar-refractivity contribution in [3.05, 3.63) is 63.7 Å². The molecule has 1 fully saturated rings. The quantitative estimate of drug-likeness (QED) is 0.591. The molecular weight excluding hydrogens is 396 g/mol. The number of amidine groups is 1. The number of nitro benzene ring substituents is 1. The van der Waals surface area contributed by atoms with Crippen molar-refractivity contribution in [3.8, 4) is 0 Å². The zero-order valence-corrected chi connectivity index (χ0v) is 16.8. The van der Waals surface area contributed by atoms with Crippen molar-refractivity contribution in [3.63, 3.8) is 0 Å². The molecule has 1 aliphatic heterocycles. The molecule has 1 saturated heterocycles. The molecule has 2 aromatic carbocycles. The van der Waals surface area contributed by atoms with Crippen molar-refractivity contribution >= 4 is 33.1 Å². The summed E-state index contributed by atoms with van der Waals surface area (Å²) in [5.74, 6) is 0.0855. The Morgan fingerprint density at radius 3 is 2.45 bits per heavy atom. The first-order valence-electron chi connectivity index (χ1n) is 8.89. The van der Waals surface area contributed by atoms with Crippen LogP contribution in [0.3, 0.4) is 0 Å². The minimum Gasteiger partial charge on any atom is -0.362 e. The number of amides is 1. The fourth-order valence-electron chi connectivity index (χ4n) is 3.02. The molecule has 3 rings (SSSR count). The summed E-state index contributed by atoms with van der Waals surface area (Å²) in [6.07, 6.45) is 1.50. The predicted molar refractivity (Wildman–Crippen MR) is 109 cm³/mol. The summed E-state index contributed by atoms with van der Waals surface area (Å²) in [4.78, 5) is 24.6. The van der Waals surface area contributed by atoms with Gasteiger partial charge >= 0.3 is 0 Å². The Bertz CT molecular complexity index is 1090. The summed E-state index contributed by atoms with van der Waals surface area (Å²) >= 11 is 0. The minimum atomic E-state index is -3.82. The predicted octanol–water partition coefficient (Wildman–Crippen LogP) is 2.97. The van der Waals surface area contributed by atoms with Gasteiger partial charge in [-0.25, -0.2) is 0 Å². The van der Waals surface area contributed by atoms with E-state index >= 15 is 0 Å². The van der Waals surface area contributed by atoms with Gasteiger partial charge in [0.25, 0.3) is 21.6 Å². The second-order valence-corrected chi connectivity index (χ2v) is 8.35. The van der Waals surface area contributed by atoms with E-state index in [0.29, 0.717) is 23.5 Å². The molecule has 1 N–H and O–H groups in total. The number of rotatable bonds is 5. The van der Waals surface area contributed by atoms with Gasteiger partial charge in [0.1, 0.15) is 5.84 Å². The molecule has 1 heterocycles. The van der Waals surface area contributed by atoms with Crippen molar-refractivity contribution < 1.29 is 18.1 Å². The maximum Gasteiger partial charge on any atom is 0.283 e. The van der Waals surface area contributed by atoms with Crippen molar-refractivity contribution in [2.45, 2.75) is 24.7 Å². The maximum absolute atomic E-state index is 12.5. The highest BCUT2D eigenvalue weighted by molar-refractivity contribution is 7.90. The molecule has 0 aromatic heterocycles. The number of nitro groups is 1. The third-order valence-electron chi connectivity index (χ3n) is 4.63. The van der Waals surface area contributed by atoms with Crippen LogP contribution in [0.2, 0.25) is 0 Å². The van der Waals surface area contributed by atoms with Crippen LogP contribution in [-0.4, -0.2) is 43.6 Å². The molecule has 1 amide bonds. The standard InChI is InChI=1S/C19H20N4O5S/c1-13-12-14(5-10-17(13)23(25)26)19(24)20-15-6-8-16(9-7-15)29(27,28)21-18-4-3-11-22(18)2/h5-10,12H,3-4,11H2,1-2H3,(H,20,24)/b21-18+. The maximum atomic E-state index is 12.5. The van der Waals surface area contributed by atoms with E-state index in [9.17, 15) is 23.3 Å². The number of carbonyl (C=O) groups excluding carboxylic acids is 1. The lowest BCUT2D eigenvalue weighted by molar-refractivity contribution is -0.385. The van der Waals surface area contributed by atoms with E-state index in [0.717, 1.165) is 13.0 Å². The molecule has 0 radical (unpaired) electrons. The number of hydrogen-bond acceptors (Lipinski definition) is 5. The van der Waals surface area contributed by atoms with Crippen LogP contribution in [0.4, 0.5) is 11.4 Å². The average Bonchev–Trinajstić information content (AvgIpc) is 3.05. The van der Waals surface area contributed by atoms with Gasteiger partial charge in [-0.05, 0) is 49.7 Å². The molecule has 29 heavy (non-hydrogen) atoms. The van der Waals surface area contributed by atoms with Gasteiger partial charge in [0.05, 0.1) is 9.82 Å². The number of benzene rings is 2. The third-order valence-corrected chi connectivity index (χ3v) is 5.94. The number of carbonyl (C=O) groups is 1. The number of aryl methyl sites for hydroxylation is 1. The first kappa shape index (κ1) is 20.5.